The number of alkyl halides is 9. The van der Waals surface area contributed by atoms with Gasteiger partial charge in [-0.05, 0) is 53.9 Å². The van der Waals surface area contributed by atoms with Gasteiger partial charge in [-0.25, -0.2) is 9.97 Å². The summed E-state index contributed by atoms with van der Waals surface area (Å²) in [6.45, 7) is -1.33. The summed E-state index contributed by atoms with van der Waals surface area (Å²) in [7, 11) is 0. The molecular weight excluding hydrogens is 661 g/mol. The van der Waals surface area contributed by atoms with E-state index in [4.69, 9.17) is 14.6 Å². The summed E-state index contributed by atoms with van der Waals surface area (Å²) in [6, 6.07) is 12.2. The van der Waals surface area contributed by atoms with Gasteiger partial charge >= 0.3 is 24.5 Å². The van der Waals surface area contributed by atoms with E-state index >= 15 is 0 Å². The Morgan fingerprint density at radius 3 is 1.88 bits per heavy atom. The molecule has 0 fully saturated rings. The average Bonchev–Trinajstić information content (AvgIpc) is 3.01. The molecule has 0 saturated carbocycles. The van der Waals surface area contributed by atoms with E-state index in [-0.39, 0.29) is 55.1 Å². The number of carboxylic acid groups (broad SMARTS) is 1. The minimum absolute atomic E-state index is 0.0322. The molecule has 0 atom stereocenters. The third kappa shape index (κ3) is 10.2. The van der Waals surface area contributed by atoms with E-state index in [0.717, 1.165) is 35.5 Å². The van der Waals surface area contributed by atoms with Crippen LogP contribution in [-0.2, 0) is 43.0 Å². The standard InChI is InChI=1S/C32H26F9N3O4/c33-30(34,35)23-8-9-27(48-19-20-5-2-1-3-6-20)22(13-23)18-44(29-42-15-26(16-43-29)47-10-4-7-28(45)46)17-21-11-24(31(36,37)38)14-25(12-21)32(39,40)41/h1-3,5-6,8-9,11-16H,4,7,10,17-19H2,(H,45,46). The molecule has 48 heavy (non-hydrogen) atoms. The third-order valence-electron chi connectivity index (χ3n) is 6.71. The van der Waals surface area contributed by atoms with Crippen LogP contribution in [0, 0.1) is 0 Å². The van der Waals surface area contributed by atoms with Gasteiger partial charge in [0.1, 0.15) is 12.4 Å². The van der Waals surface area contributed by atoms with Gasteiger partial charge in [-0.2, -0.15) is 39.5 Å². The number of nitrogens with zero attached hydrogens (tertiary/aromatic N) is 3. The summed E-state index contributed by atoms with van der Waals surface area (Å²) in [5.74, 6) is -1.29. The Bertz CT molecular complexity index is 1650. The van der Waals surface area contributed by atoms with Crippen LogP contribution in [0.2, 0.25) is 0 Å². The zero-order valence-corrected chi connectivity index (χ0v) is 24.7. The normalized spacial score (nSPS) is 12.1. The molecule has 1 heterocycles. The number of carbonyl (C=O) groups is 1. The summed E-state index contributed by atoms with van der Waals surface area (Å²) in [4.78, 5) is 20.0. The van der Waals surface area contributed by atoms with Crippen molar-refractivity contribution in [3.8, 4) is 11.5 Å². The number of carboxylic acids is 1. The summed E-state index contributed by atoms with van der Waals surface area (Å²) < 4.78 is 134. The molecule has 7 nitrogen and oxygen atoms in total. The quantitative estimate of drug-likeness (QED) is 0.111. The molecule has 4 aromatic rings. The molecule has 0 bridgehead atoms. The van der Waals surface area contributed by atoms with Crippen molar-refractivity contribution in [1.82, 2.24) is 9.97 Å². The van der Waals surface area contributed by atoms with Crippen molar-refractivity contribution in [3.63, 3.8) is 0 Å². The summed E-state index contributed by atoms with van der Waals surface area (Å²) in [5.41, 5.74) is -4.15. The van der Waals surface area contributed by atoms with E-state index in [0.29, 0.717) is 17.7 Å². The molecule has 0 amide bonds. The molecule has 4 rings (SSSR count). The predicted octanol–water partition coefficient (Wildman–Crippen LogP) is 8.56. The summed E-state index contributed by atoms with van der Waals surface area (Å²) in [6.07, 6.45) is -12.9. The van der Waals surface area contributed by atoms with Crippen LogP contribution in [-0.4, -0.2) is 27.7 Å². The highest BCUT2D eigenvalue weighted by Gasteiger charge is 2.37. The van der Waals surface area contributed by atoms with E-state index in [1.54, 1.807) is 30.3 Å². The van der Waals surface area contributed by atoms with Gasteiger partial charge in [0, 0.05) is 25.1 Å². The lowest BCUT2D eigenvalue weighted by Gasteiger charge is -2.26. The van der Waals surface area contributed by atoms with Crippen LogP contribution < -0.4 is 14.4 Å². The number of aromatic nitrogens is 2. The van der Waals surface area contributed by atoms with Crippen molar-refractivity contribution in [2.24, 2.45) is 0 Å². The molecule has 0 aliphatic heterocycles. The first-order valence-electron chi connectivity index (χ1n) is 14.1. The van der Waals surface area contributed by atoms with Crippen LogP contribution in [0.1, 0.15) is 46.2 Å². The molecule has 0 radical (unpaired) electrons. The van der Waals surface area contributed by atoms with Gasteiger partial charge < -0.3 is 19.5 Å². The fourth-order valence-corrected chi connectivity index (χ4v) is 4.45. The maximum atomic E-state index is 13.7. The first kappa shape index (κ1) is 35.8. The Kier molecular flexibility index (Phi) is 11.1. The molecule has 1 N–H and O–H groups in total. The van der Waals surface area contributed by atoms with Crippen LogP contribution in [0.4, 0.5) is 45.5 Å². The Morgan fingerprint density at radius 2 is 1.31 bits per heavy atom. The second-order valence-corrected chi connectivity index (χ2v) is 10.4. The molecule has 0 saturated heterocycles. The molecular formula is C32H26F9N3O4. The van der Waals surface area contributed by atoms with Gasteiger partial charge in [0.05, 0.1) is 35.7 Å². The van der Waals surface area contributed by atoms with Crippen molar-refractivity contribution in [3.05, 3.63) is 113 Å². The average molecular weight is 688 g/mol. The molecule has 3 aromatic carbocycles. The SMILES string of the molecule is O=C(O)CCCOc1cnc(N(Cc2cc(C(F)(F)F)cc(C(F)(F)F)c2)Cc2cc(C(F)(F)F)ccc2OCc2ccccc2)nc1. The Labute approximate surface area is 267 Å². The zero-order chi connectivity index (χ0) is 35.1. The summed E-state index contributed by atoms with van der Waals surface area (Å²) in [5, 5.41) is 8.76. The smallest absolute Gasteiger partial charge is 0.416 e. The number of halogens is 9. The van der Waals surface area contributed by atoms with Gasteiger partial charge in [0.2, 0.25) is 5.95 Å². The maximum absolute atomic E-state index is 13.7. The van der Waals surface area contributed by atoms with Crippen LogP contribution >= 0.6 is 0 Å². The lowest BCUT2D eigenvalue weighted by atomic mass is 10.0. The van der Waals surface area contributed by atoms with E-state index in [2.05, 4.69) is 9.97 Å². The third-order valence-corrected chi connectivity index (χ3v) is 6.71. The zero-order valence-electron chi connectivity index (χ0n) is 24.7. The number of aliphatic carboxylic acids is 1. The van der Waals surface area contributed by atoms with Crippen LogP contribution in [0.3, 0.4) is 0 Å². The lowest BCUT2D eigenvalue weighted by molar-refractivity contribution is -0.143. The second-order valence-electron chi connectivity index (χ2n) is 10.4. The van der Waals surface area contributed by atoms with E-state index < -0.39 is 59.8 Å². The molecule has 256 valence electrons. The highest BCUT2D eigenvalue weighted by atomic mass is 19.4. The minimum atomic E-state index is -5.14. The molecule has 0 spiro atoms. The number of anilines is 1. The lowest BCUT2D eigenvalue weighted by Crippen LogP contribution is -2.25. The van der Waals surface area contributed by atoms with Crippen LogP contribution in [0.5, 0.6) is 11.5 Å². The Hall–Kier alpha value is -5.02. The fraction of sp³-hybridized carbons (Fsp3) is 0.281. The predicted molar refractivity (Wildman–Crippen MR) is 153 cm³/mol. The van der Waals surface area contributed by atoms with Gasteiger partial charge in [-0.3, -0.25) is 4.79 Å². The molecule has 0 unspecified atom stereocenters. The first-order chi connectivity index (χ1) is 22.5. The molecule has 1 aromatic heterocycles. The van der Waals surface area contributed by atoms with Crippen molar-refractivity contribution in [2.75, 3.05) is 11.5 Å². The van der Waals surface area contributed by atoms with Crippen molar-refractivity contribution < 1.29 is 58.9 Å². The van der Waals surface area contributed by atoms with Gasteiger partial charge in [0.25, 0.3) is 0 Å². The van der Waals surface area contributed by atoms with Crippen LogP contribution in [0.15, 0.2) is 79.1 Å². The van der Waals surface area contributed by atoms with Gasteiger partial charge in [0.15, 0.2) is 5.75 Å². The Balaban J connectivity index is 1.74. The van der Waals surface area contributed by atoms with Gasteiger partial charge in [-0.15, -0.1) is 0 Å². The van der Waals surface area contributed by atoms with E-state index in [9.17, 15) is 44.3 Å². The largest absolute Gasteiger partial charge is 0.490 e. The fourth-order valence-electron chi connectivity index (χ4n) is 4.45. The Morgan fingerprint density at radius 1 is 0.708 bits per heavy atom. The van der Waals surface area contributed by atoms with Crippen molar-refractivity contribution in [2.45, 2.75) is 51.1 Å². The summed E-state index contributed by atoms with van der Waals surface area (Å²) >= 11 is 0. The van der Waals surface area contributed by atoms with Gasteiger partial charge in [-0.1, -0.05) is 30.3 Å². The number of hydrogen-bond acceptors (Lipinski definition) is 6. The molecule has 0 aliphatic rings. The first-order valence-corrected chi connectivity index (χ1v) is 14.1. The number of benzene rings is 3. The van der Waals surface area contributed by atoms with E-state index in [1.807, 2.05) is 0 Å². The number of hydrogen-bond donors (Lipinski definition) is 1. The molecule has 16 heteroatoms. The maximum Gasteiger partial charge on any atom is 0.416 e. The van der Waals surface area contributed by atoms with Crippen molar-refractivity contribution in [1.29, 1.82) is 0 Å². The highest BCUT2D eigenvalue weighted by Crippen LogP contribution is 2.38. The number of rotatable bonds is 13. The molecule has 0 aliphatic carbocycles. The second kappa shape index (κ2) is 14.8. The highest BCUT2D eigenvalue weighted by molar-refractivity contribution is 5.66. The van der Waals surface area contributed by atoms with Crippen molar-refractivity contribution >= 4 is 11.9 Å². The minimum Gasteiger partial charge on any atom is -0.490 e. The topological polar surface area (TPSA) is 84.8 Å². The monoisotopic (exact) mass is 687 g/mol. The van der Waals surface area contributed by atoms with E-state index in [1.165, 1.54) is 0 Å². The number of ether oxygens (including phenoxy) is 2. The van der Waals surface area contributed by atoms with Crippen LogP contribution in [0.25, 0.3) is 0 Å².